The molecule has 1 rings (SSSR count). The van der Waals surface area contributed by atoms with Crippen molar-refractivity contribution in [3.8, 4) is 0 Å². The van der Waals surface area contributed by atoms with Crippen molar-refractivity contribution in [2.45, 2.75) is 19.4 Å². The van der Waals surface area contributed by atoms with Crippen molar-refractivity contribution in [1.82, 2.24) is 10.6 Å². The summed E-state index contributed by atoms with van der Waals surface area (Å²) >= 11 is 1.33. The minimum Gasteiger partial charge on any atom is -0.396 e. The van der Waals surface area contributed by atoms with E-state index < -0.39 is 6.04 Å². The van der Waals surface area contributed by atoms with Crippen molar-refractivity contribution in [2.75, 3.05) is 13.2 Å². The average Bonchev–Trinajstić information content (AvgIpc) is 2.82. The Kier molecular flexibility index (Phi) is 5.65. The smallest absolute Gasteiger partial charge is 0.261 e. The first-order chi connectivity index (χ1) is 8.15. The van der Waals surface area contributed by atoms with Crippen LogP contribution in [0.3, 0.4) is 0 Å². The van der Waals surface area contributed by atoms with Crippen LogP contribution in [0.25, 0.3) is 0 Å². The molecule has 0 aliphatic rings. The van der Waals surface area contributed by atoms with Crippen LogP contribution >= 0.6 is 11.3 Å². The lowest BCUT2D eigenvalue weighted by atomic mass is 10.3. The summed E-state index contributed by atoms with van der Waals surface area (Å²) in [6, 6.07) is 2.91. The molecule has 0 radical (unpaired) electrons. The normalized spacial score (nSPS) is 11.9. The zero-order valence-electron chi connectivity index (χ0n) is 9.60. The molecule has 94 valence electrons. The molecule has 17 heavy (non-hydrogen) atoms. The molecule has 1 aromatic heterocycles. The number of hydrogen-bond acceptors (Lipinski definition) is 4. The highest BCUT2D eigenvalue weighted by molar-refractivity contribution is 7.12. The van der Waals surface area contributed by atoms with E-state index in [-0.39, 0.29) is 18.4 Å². The molecule has 0 bridgehead atoms. The number of thiophene rings is 1. The molecule has 2 amide bonds. The number of aliphatic hydroxyl groups excluding tert-OH is 1. The third kappa shape index (κ3) is 4.54. The molecule has 0 aromatic carbocycles. The van der Waals surface area contributed by atoms with E-state index in [9.17, 15) is 9.59 Å². The number of nitrogens with one attached hydrogen (secondary N) is 2. The summed E-state index contributed by atoms with van der Waals surface area (Å²) in [4.78, 5) is 23.7. The molecule has 1 heterocycles. The molecule has 0 saturated carbocycles. The third-order valence-corrected chi connectivity index (χ3v) is 2.99. The minimum absolute atomic E-state index is 0.0379. The maximum Gasteiger partial charge on any atom is 0.261 e. The molecule has 1 atom stereocenters. The molecule has 3 N–H and O–H groups in total. The van der Waals surface area contributed by atoms with Crippen LogP contribution in [0.15, 0.2) is 17.5 Å². The van der Waals surface area contributed by atoms with Gasteiger partial charge in [0.25, 0.3) is 5.91 Å². The Morgan fingerprint density at radius 1 is 1.53 bits per heavy atom. The second-order valence-electron chi connectivity index (χ2n) is 3.54. The van der Waals surface area contributed by atoms with Crippen LogP contribution in [0.2, 0.25) is 0 Å². The second-order valence-corrected chi connectivity index (χ2v) is 4.49. The van der Waals surface area contributed by atoms with Crippen LogP contribution in [0, 0.1) is 0 Å². The van der Waals surface area contributed by atoms with Crippen LogP contribution in [-0.2, 0) is 4.79 Å². The van der Waals surface area contributed by atoms with E-state index in [0.29, 0.717) is 17.8 Å². The van der Waals surface area contributed by atoms with Gasteiger partial charge in [-0.25, -0.2) is 0 Å². The zero-order chi connectivity index (χ0) is 12.7. The van der Waals surface area contributed by atoms with Crippen molar-refractivity contribution in [3.63, 3.8) is 0 Å². The highest BCUT2D eigenvalue weighted by Gasteiger charge is 2.16. The Bertz CT molecular complexity index is 365. The SMILES string of the molecule is CC(NC(=O)c1cccs1)C(=O)NCCCO. The number of carbonyl (C=O) groups excluding carboxylic acids is 2. The van der Waals surface area contributed by atoms with Gasteiger partial charge in [0, 0.05) is 13.2 Å². The Balaban J connectivity index is 2.35. The highest BCUT2D eigenvalue weighted by Crippen LogP contribution is 2.07. The first kappa shape index (κ1) is 13.7. The third-order valence-electron chi connectivity index (χ3n) is 2.12. The molecule has 0 aliphatic carbocycles. The fourth-order valence-electron chi connectivity index (χ4n) is 1.18. The summed E-state index contributed by atoms with van der Waals surface area (Å²) in [5, 5.41) is 15.6. The number of rotatable bonds is 6. The Morgan fingerprint density at radius 3 is 2.88 bits per heavy atom. The van der Waals surface area contributed by atoms with Crippen molar-refractivity contribution in [2.24, 2.45) is 0 Å². The van der Waals surface area contributed by atoms with E-state index in [2.05, 4.69) is 10.6 Å². The monoisotopic (exact) mass is 256 g/mol. The average molecular weight is 256 g/mol. The molecule has 0 saturated heterocycles. The van der Waals surface area contributed by atoms with Gasteiger partial charge >= 0.3 is 0 Å². The lowest BCUT2D eigenvalue weighted by Crippen LogP contribution is -2.44. The van der Waals surface area contributed by atoms with Crippen molar-refractivity contribution in [1.29, 1.82) is 0 Å². The molecule has 0 fully saturated rings. The first-order valence-corrected chi connectivity index (χ1v) is 6.26. The van der Waals surface area contributed by atoms with Gasteiger partial charge in [-0.2, -0.15) is 0 Å². The number of hydrogen-bond donors (Lipinski definition) is 3. The van der Waals surface area contributed by atoms with E-state index in [0.717, 1.165) is 0 Å². The molecule has 1 unspecified atom stereocenters. The predicted molar refractivity (Wildman–Crippen MR) is 66.0 cm³/mol. The topological polar surface area (TPSA) is 78.4 Å². The predicted octanol–water partition coefficient (Wildman–Crippen LogP) is 0.365. The fourth-order valence-corrected chi connectivity index (χ4v) is 1.81. The van der Waals surface area contributed by atoms with Crippen LogP contribution in [0.5, 0.6) is 0 Å². The van der Waals surface area contributed by atoms with Gasteiger partial charge in [0.05, 0.1) is 4.88 Å². The number of aliphatic hydroxyl groups is 1. The summed E-state index contributed by atoms with van der Waals surface area (Å²) < 4.78 is 0. The van der Waals surface area contributed by atoms with Crippen molar-refractivity contribution in [3.05, 3.63) is 22.4 Å². The van der Waals surface area contributed by atoms with Gasteiger partial charge in [-0.3, -0.25) is 9.59 Å². The van der Waals surface area contributed by atoms with E-state index in [1.165, 1.54) is 11.3 Å². The van der Waals surface area contributed by atoms with Gasteiger partial charge in [-0.1, -0.05) is 6.07 Å². The van der Waals surface area contributed by atoms with Gasteiger partial charge in [-0.05, 0) is 24.8 Å². The van der Waals surface area contributed by atoms with E-state index in [4.69, 9.17) is 5.11 Å². The number of carbonyl (C=O) groups is 2. The molecule has 5 nitrogen and oxygen atoms in total. The van der Waals surface area contributed by atoms with Gasteiger partial charge in [0.2, 0.25) is 5.91 Å². The van der Waals surface area contributed by atoms with E-state index in [1.54, 1.807) is 24.4 Å². The van der Waals surface area contributed by atoms with Gasteiger partial charge in [0.1, 0.15) is 6.04 Å². The summed E-state index contributed by atoms with van der Waals surface area (Å²) in [5.74, 6) is -0.492. The van der Waals surface area contributed by atoms with Crippen molar-refractivity contribution >= 4 is 23.2 Å². The minimum atomic E-state index is -0.580. The van der Waals surface area contributed by atoms with Crippen LogP contribution in [0.4, 0.5) is 0 Å². The molecular weight excluding hydrogens is 240 g/mol. The lowest BCUT2D eigenvalue weighted by Gasteiger charge is -2.13. The molecule has 6 heteroatoms. The second kappa shape index (κ2) is 7.03. The Morgan fingerprint density at radius 2 is 2.29 bits per heavy atom. The Labute approximate surface area is 104 Å². The summed E-state index contributed by atoms with van der Waals surface area (Å²) in [6.07, 6.45) is 0.511. The summed E-state index contributed by atoms with van der Waals surface area (Å²) in [5.41, 5.74) is 0. The van der Waals surface area contributed by atoms with Crippen molar-refractivity contribution < 1.29 is 14.7 Å². The quantitative estimate of drug-likeness (QED) is 0.643. The lowest BCUT2D eigenvalue weighted by molar-refractivity contribution is -0.122. The van der Waals surface area contributed by atoms with Gasteiger partial charge in [0.15, 0.2) is 0 Å². The summed E-state index contributed by atoms with van der Waals surface area (Å²) in [7, 11) is 0. The van der Waals surface area contributed by atoms with Crippen LogP contribution in [0.1, 0.15) is 23.0 Å². The maximum atomic E-state index is 11.6. The number of amides is 2. The van der Waals surface area contributed by atoms with Gasteiger partial charge < -0.3 is 15.7 Å². The van der Waals surface area contributed by atoms with E-state index in [1.807, 2.05) is 0 Å². The van der Waals surface area contributed by atoms with E-state index >= 15 is 0 Å². The Hall–Kier alpha value is -1.40. The largest absolute Gasteiger partial charge is 0.396 e. The fraction of sp³-hybridized carbons (Fsp3) is 0.455. The molecule has 1 aromatic rings. The van der Waals surface area contributed by atoms with Gasteiger partial charge in [-0.15, -0.1) is 11.3 Å². The maximum absolute atomic E-state index is 11.6. The molecule has 0 aliphatic heterocycles. The standard InChI is InChI=1S/C11H16N2O3S/c1-8(10(15)12-5-3-6-14)13-11(16)9-4-2-7-17-9/h2,4,7-8,14H,3,5-6H2,1H3,(H,12,15)(H,13,16). The summed E-state index contributed by atoms with van der Waals surface area (Å²) in [6.45, 7) is 2.07. The zero-order valence-corrected chi connectivity index (χ0v) is 10.4. The molecule has 0 spiro atoms. The molecular formula is C11H16N2O3S. The highest BCUT2D eigenvalue weighted by atomic mass is 32.1. The first-order valence-electron chi connectivity index (χ1n) is 5.38. The van der Waals surface area contributed by atoms with Crippen LogP contribution < -0.4 is 10.6 Å². The van der Waals surface area contributed by atoms with Crippen LogP contribution in [-0.4, -0.2) is 36.1 Å².